The van der Waals surface area contributed by atoms with Crippen molar-refractivity contribution in [2.75, 3.05) is 31.6 Å². The number of rotatable bonds is 5. The van der Waals surface area contributed by atoms with Crippen LogP contribution in [0.5, 0.6) is 0 Å². The second-order valence-corrected chi connectivity index (χ2v) is 4.65. The van der Waals surface area contributed by atoms with Gasteiger partial charge in [-0.2, -0.15) is 11.8 Å². The van der Waals surface area contributed by atoms with Crippen LogP contribution in [0.2, 0.25) is 0 Å². The van der Waals surface area contributed by atoms with Gasteiger partial charge in [0.15, 0.2) is 0 Å². The predicted octanol–water partition coefficient (Wildman–Crippen LogP) is 1.28. The van der Waals surface area contributed by atoms with Crippen molar-refractivity contribution in [3.63, 3.8) is 0 Å². The van der Waals surface area contributed by atoms with Crippen molar-refractivity contribution >= 4 is 30.1 Å². The Hall–Kier alpha value is 0.0700. The number of halogens is 1. The first kappa shape index (κ1) is 15.1. The molecule has 1 heterocycles. The topological polar surface area (TPSA) is 41.1 Å². The Morgan fingerprint density at radius 1 is 1.60 bits per heavy atom. The van der Waals surface area contributed by atoms with Crippen molar-refractivity contribution < 1.29 is 4.79 Å². The number of hydrogen-bond acceptors (Lipinski definition) is 3. The molecule has 0 bridgehead atoms. The third kappa shape index (κ3) is 7.03. The van der Waals surface area contributed by atoms with Gasteiger partial charge in [0, 0.05) is 6.54 Å². The normalized spacial score (nSPS) is 20.5. The largest absolute Gasteiger partial charge is 0.355 e. The van der Waals surface area contributed by atoms with Crippen molar-refractivity contribution in [1.29, 1.82) is 0 Å². The summed E-state index contributed by atoms with van der Waals surface area (Å²) in [6.45, 7) is 3.12. The fourth-order valence-corrected chi connectivity index (χ4v) is 2.13. The molecule has 0 aromatic heterocycles. The lowest BCUT2D eigenvalue weighted by Crippen LogP contribution is -2.33. The molecule has 3 nitrogen and oxygen atoms in total. The van der Waals surface area contributed by atoms with Gasteiger partial charge in [0.2, 0.25) is 5.91 Å². The minimum atomic E-state index is 0. The highest BCUT2D eigenvalue weighted by atomic mass is 35.5. The molecule has 1 saturated heterocycles. The van der Waals surface area contributed by atoms with Gasteiger partial charge in [-0.25, -0.2) is 0 Å². The number of thioether (sulfide) groups is 1. The van der Waals surface area contributed by atoms with E-state index in [9.17, 15) is 4.79 Å². The van der Waals surface area contributed by atoms with E-state index in [1.807, 2.05) is 6.26 Å². The van der Waals surface area contributed by atoms with Crippen LogP contribution in [0.25, 0.3) is 0 Å². The zero-order chi connectivity index (χ0) is 10.2. The Morgan fingerprint density at radius 3 is 3.00 bits per heavy atom. The number of hydrogen-bond donors (Lipinski definition) is 2. The van der Waals surface area contributed by atoms with Gasteiger partial charge in [-0.3, -0.25) is 4.79 Å². The van der Waals surface area contributed by atoms with Gasteiger partial charge < -0.3 is 10.6 Å². The maximum Gasteiger partial charge on any atom is 0.229 e. The van der Waals surface area contributed by atoms with Gasteiger partial charge in [-0.1, -0.05) is 0 Å². The molecule has 2 N–H and O–H groups in total. The Labute approximate surface area is 103 Å². The zero-order valence-electron chi connectivity index (χ0n) is 9.25. The van der Waals surface area contributed by atoms with Crippen LogP contribution in [-0.4, -0.2) is 37.6 Å². The average Bonchev–Trinajstić information content (AvgIpc) is 2.20. The number of carbonyl (C=O) groups is 1. The van der Waals surface area contributed by atoms with Crippen molar-refractivity contribution in [2.45, 2.75) is 19.3 Å². The van der Waals surface area contributed by atoms with E-state index < -0.39 is 0 Å². The Morgan fingerprint density at radius 2 is 2.40 bits per heavy atom. The van der Waals surface area contributed by atoms with Crippen LogP contribution in [0.15, 0.2) is 0 Å². The van der Waals surface area contributed by atoms with Crippen molar-refractivity contribution in [3.05, 3.63) is 0 Å². The number of amides is 1. The van der Waals surface area contributed by atoms with E-state index in [1.165, 1.54) is 12.8 Å². The first-order valence-corrected chi connectivity index (χ1v) is 6.68. The molecular weight excluding hydrogens is 232 g/mol. The molecule has 15 heavy (non-hydrogen) atoms. The van der Waals surface area contributed by atoms with Crippen LogP contribution in [0.1, 0.15) is 19.3 Å². The molecule has 0 saturated carbocycles. The monoisotopic (exact) mass is 252 g/mol. The minimum Gasteiger partial charge on any atom is -0.355 e. The summed E-state index contributed by atoms with van der Waals surface area (Å²) in [4.78, 5) is 11.1. The Bertz CT molecular complexity index is 175. The summed E-state index contributed by atoms with van der Waals surface area (Å²) in [6, 6.07) is 0. The second-order valence-electron chi connectivity index (χ2n) is 3.78. The van der Waals surface area contributed by atoms with Crippen molar-refractivity contribution in [3.8, 4) is 0 Å². The van der Waals surface area contributed by atoms with E-state index in [-0.39, 0.29) is 18.3 Å². The van der Waals surface area contributed by atoms with Crippen LogP contribution in [0.4, 0.5) is 0 Å². The van der Waals surface area contributed by atoms with Crippen molar-refractivity contribution in [1.82, 2.24) is 10.6 Å². The molecule has 1 unspecified atom stereocenters. The molecule has 1 atom stereocenters. The fraction of sp³-hybridized carbons (Fsp3) is 0.900. The molecule has 0 spiro atoms. The molecule has 0 radical (unpaired) electrons. The van der Waals surface area contributed by atoms with E-state index in [0.717, 1.165) is 32.0 Å². The lowest BCUT2D eigenvalue weighted by Gasteiger charge is -2.22. The summed E-state index contributed by atoms with van der Waals surface area (Å²) in [5.74, 6) is 1.52. The van der Waals surface area contributed by atoms with Gasteiger partial charge >= 0.3 is 0 Å². The number of piperidine rings is 1. The molecule has 1 fully saturated rings. The minimum absolute atomic E-state index is 0. The highest BCUT2D eigenvalue weighted by molar-refractivity contribution is 7.99. The molecule has 0 aromatic rings. The average molecular weight is 253 g/mol. The standard InChI is InChI=1S/C10H20N2OS.ClH/c1-14-8-10(13)12-6-4-9-3-2-5-11-7-9;/h9,11H,2-8H2,1H3,(H,12,13);1H. The quantitative estimate of drug-likeness (QED) is 0.775. The van der Waals surface area contributed by atoms with Gasteiger partial charge in [-0.15, -0.1) is 12.4 Å². The number of nitrogens with one attached hydrogen (secondary N) is 2. The van der Waals surface area contributed by atoms with Crippen LogP contribution in [0.3, 0.4) is 0 Å². The van der Waals surface area contributed by atoms with Crippen molar-refractivity contribution in [2.24, 2.45) is 5.92 Å². The first-order valence-electron chi connectivity index (χ1n) is 5.29. The van der Waals surface area contributed by atoms with E-state index in [2.05, 4.69) is 10.6 Å². The van der Waals surface area contributed by atoms with Gasteiger partial charge in [0.05, 0.1) is 5.75 Å². The summed E-state index contributed by atoms with van der Waals surface area (Å²) in [7, 11) is 0. The molecule has 1 aliphatic heterocycles. The summed E-state index contributed by atoms with van der Waals surface area (Å²) in [6.07, 6.45) is 5.66. The maximum atomic E-state index is 11.1. The molecule has 1 amide bonds. The van der Waals surface area contributed by atoms with Crippen LogP contribution >= 0.6 is 24.2 Å². The smallest absolute Gasteiger partial charge is 0.229 e. The maximum absolute atomic E-state index is 11.1. The first-order chi connectivity index (χ1) is 6.83. The van der Waals surface area contributed by atoms with Crippen LogP contribution in [-0.2, 0) is 4.79 Å². The summed E-state index contributed by atoms with van der Waals surface area (Å²) in [5.41, 5.74) is 0. The Kier molecular flexibility index (Phi) is 9.35. The zero-order valence-corrected chi connectivity index (χ0v) is 10.9. The molecule has 1 aliphatic rings. The van der Waals surface area contributed by atoms with E-state index in [0.29, 0.717) is 5.75 Å². The van der Waals surface area contributed by atoms with Crippen LogP contribution in [0, 0.1) is 5.92 Å². The highest BCUT2D eigenvalue weighted by Crippen LogP contribution is 2.12. The molecule has 0 aromatic carbocycles. The lowest BCUT2D eigenvalue weighted by molar-refractivity contribution is -0.118. The molecule has 90 valence electrons. The summed E-state index contributed by atoms with van der Waals surface area (Å²) in [5, 5.41) is 6.32. The molecule has 1 rings (SSSR count). The van der Waals surface area contributed by atoms with Crippen LogP contribution < -0.4 is 10.6 Å². The SMILES string of the molecule is CSCC(=O)NCCC1CCCNC1.Cl. The molecule has 0 aliphatic carbocycles. The Balaban J connectivity index is 0.00000196. The van der Waals surface area contributed by atoms with Gasteiger partial charge in [0.1, 0.15) is 0 Å². The predicted molar refractivity (Wildman–Crippen MR) is 68.9 cm³/mol. The van der Waals surface area contributed by atoms with E-state index in [1.54, 1.807) is 11.8 Å². The third-order valence-electron chi connectivity index (χ3n) is 2.55. The lowest BCUT2D eigenvalue weighted by atomic mass is 9.96. The third-order valence-corrected chi connectivity index (χ3v) is 3.10. The molecular formula is C10H21ClN2OS. The fourth-order valence-electron chi connectivity index (χ4n) is 1.77. The number of carbonyl (C=O) groups excluding carboxylic acids is 1. The van der Waals surface area contributed by atoms with E-state index in [4.69, 9.17) is 0 Å². The van der Waals surface area contributed by atoms with E-state index >= 15 is 0 Å². The summed E-state index contributed by atoms with van der Waals surface area (Å²) < 4.78 is 0. The van der Waals surface area contributed by atoms with Gasteiger partial charge in [-0.05, 0) is 44.5 Å². The highest BCUT2D eigenvalue weighted by Gasteiger charge is 2.12. The molecule has 5 heteroatoms. The second kappa shape index (κ2) is 9.31. The van der Waals surface area contributed by atoms with Gasteiger partial charge in [0.25, 0.3) is 0 Å². The summed E-state index contributed by atoms with van der Waals surface area (Å²) >= 11 is 1.57.